The summed E-state index contributed by atoms with van der Waals surface area (Å²) in [4.78, 5) is 60.0. The van der Waals surface area contributed by atoms with Crippen molar-refractivity contribution in [3.63, 3.8) is 0 Å². The molecule has 3 aliphatic rings. The molecule has 0 spiro atoms. The van der Waals surface area contributed by atoms with E-state index in [1.165, 1.54) is 14.2 Å². The van der Waals surface area contributed by atoms with Gasteiger partial charge in [0.15, 0.2) is 0 Å². The smallest absolute Gasteiger partial charge is 0.407 e. The zero-order valence-corrected chi connectivity index (χ0v) is 35.4. The predicted octanol–water partition coefficient (Wildman–Crippen LogP) is 6.05. The summed E-state index contributed by atoms with van der Waals surface area (Å²) in [6.07, 6.45) is 5.00. The van der Waals surface area contributed by atoms with Crippen LogP contribution in [-0.4, -0.2) is 97.6 Å². The number of methoxy groups -OCH3 is 2. The van der Waals surface area contributed by atoms with Crippen LogP contribution in [0.5, 0.6) is 0 Å². The van der Waals surface area contributed by atoms with Crippen LogP contribution in [0.3, 0.4) is 0 Å². The molecule has 2 aromatic carbocycles. The SMILES string of the molecule is C=C1CC2CC(c3ncc(-c4ccc(C#Cc5ccc(-c6cnc(C7CCC(C)N7C(=O)C(NC(O)OC)C(C)C)[nH]6)cc5)cc4)[nH]3)N(C(=O)C(NC(=O)OC)C(C)C)C12. The quantitative estimate of drug-likeness (QED) is 0.0647. The molecule has 0 bridgehead atoms. The molecule has 60 heavy (non-hydrogen) atoms. The van der Waals surface area contributed by atoms with Crippen LogP contribution in [0.2, 0.25) is 0 Å². The van der Waals surface area contributed by atoms with Gasteiger partial charge in [-0.25, -0.2) is 14.8 Å². The fourth-order valence-corrected chi connectivity index (χ4v) is 8.84. The number of aliphatic hydroxyl groups excluding tert-OH is 1. The minimum Gasteiger partial charge on any atom is -0.453 e. The van der Waals surface area contributed by atoms with Crippen molar-refractivity contribution in [3.05, 3.63) is 95.9 Å². The van der Waals surface area contributed by atoms with Crippen molar-refractivity contribution in [2.45, 2.75) is 103 Å². The second-order valence-corrected chi connectivity index (χ2v) is 16.9. The summed E-state index contributed by atoms with van der Waals surface area (Å²) in [5.74, 6) is 7.82. The molecule has 14 nitrogen and oxygen atoms in total. The lowest BCUT2D eigenvalue weighted by Crippen LogP contribution is -2.55. The van der Waals surface area contributed by atoms with E-state index in [0.29, 0.717) is 11.7 Å². The first-order chi connectivity index (χ1) is 28.8. The molecule has 14 heteroatoms. The van der Waals surface area contributed by atoms with Crippen LogP contribution < -0.4 is 10.6 Å². The second-order valence-electron chi connectivity index (χ2n) is 16.9. The Morgan fingerprint density at radius 2 is 1.35 bits per heavy atom. The van der Waals surface area contributed by atoms with Crippen molar-refractivity contribution in [3.8, 4) is 34.4 Å². The number of carbonyl (C=O) groups is 3. The highest BCUT2D eigenvalue weighted by Crippen LogP contribution is 2.52. The Morgan fingerprint density at radius 1 is 0.817 bits per heavy atom. The minimum atomic E-state index is -1.24. The summed E-state index contributed by atoms with van der Waals surface area (Å²) < 4.78 is 9.79. The highest BCUT2D eigenvalue weighted by Gasteiger charge is 2.53. The molecular weight excluding hydrogens is 761 g/mol. The van der Waals surface area contributed by atoms with E-state index in [-0.39, 0.29) is 47.8 Å². The second kappa shape index (κ2) is 17.8. The summed E-state index contributed by atoms with van der Waals surface area (Å²) in [5.41, 5.74) is 6.33. The first-order valence-electron chi connectivity index (χ1n) is 20.7. The summed E-state index contributed by atoms with van der Waals surface area (Å²) in [5, 5.41) is 15.7. The van der Waals surface area contributed by atoms with E-state index in [2.05, 4.69) is 39.0 Å². The Balaban J connectivity index is 1.00. The molecule has 4 heterocycles. The van der Waals surface area contributed by atoms with Crippen LogP contribution in [0.25, 0.3) is 22.5 Å². The number of imidazole rings is 2. The van der Waals surface area contributed by atoms with Gasteiger partial charge in [-0.1, -0.05) is 76.0 Å². The third-order valence-electron chi connectivity index (χ3n) is 12.2. The highest BCUT2D eigenvalue weighted by molar-refractivity contribution is 5.87. The number of nitrogens with one attached hydrogen (secondary N) is 4. The molecule has 5 N–H and O–H groups in total. The number of rotatable bonds is 12. The summed E-state index contributed by atoms with van der Waals surface area (Å²) >= 11 is 0. The molecule has 0 radical (unpaired) electrons. The number of hydrogen-bond donors (Lipinski definition) is 5. The van der Waals surface area contributed by atoms with E-state index in [4.69, 9.17) is 19.4 Å². The summed E-state index contributed by atoms with van der Waals surface area (Å²) in [6, 6.07) is 14.0. The first-order valence-corrected chi connectivity index (χ1v) is 20.7. The number of hydrogen-bond acceptors (Lipinski definition) is 9. The van der Waals surface area contributed by atoms with Crippen LogP contribution >= 0.6 is 0 Å². The molecule has 1 aliphatic carbocycles. The average Bonchev–Trinajstić information content (AvgIpc) is 4.06. The Kier molecular flexibility index (Phi) is 12.6. The minimum absolute atomic E-state index is 0.0252. The largest absolute Gasteiger partial charge is 0.453 e. The molecule has 3 fully saturated rings. The van der Waals surface area contributed by atoms with E-state index >= 15 is 0 Å². The Labute approximate surface area is 351 Å². The van der Waals surface area contributed by atoms with Gasteiger partial charge in [0.1, 0.15) is 17.7 Å². The van der Waals surface area contributed by atoms with E-state index < -0.39 is 24.6 Å². The van der Waals surface area contributed by atoms with E-state index in [1.54, 1.807) is 12.4 Å². The molecule has 7 rings (SSSR count). The monoisotopic (exact) mass is 816 g/mol. The molecule has 316 valence electrons. The molecule has 1 saturated carbocycles. The third kappa shape index (κ3) is 8.61. The van der Waals surface area contributed by atoms with Crippen molar-refractivity contribution in [2.24, 2.45) is 17.8 Å². The number of carbonyl (C=O) groups excluding carboxylic acids is 3. The van der Waals surface area contributed by atoms with Gasteiger partial charge in [0.25, 0.3) is 0 Å². The zero-order chi connectivity index (χ0) is 42.8. The molecule has 3 amide bonds. The Hall–Kier alpha value is -5.75. The van der Waals surface area contributed by atoms with Gasteiger partial charge >= 0.3 is 6.09 Å². The summed E-state index contributed by atoms with van der Waals surface area (Å²) in [6.45, 7) is 14.0. The van der Waals surface area contributed by atoms with Gasteiger partial charge < -0.3 is 39.7 Å². The van der Waals surface area contributed by atoms with Crippen molar-refractivity contribution < 1.29 is 29.0 Å². The number of ether oxygens (including phenoxy) is 2. The van der Waals surface area contributed by atoms with Gasteiger partial charge in [0.05, 0.1) is 55.1 Å². The van der Waals surface area contributed by atoms with Crippen molar-refractivity contribution in [1.82, 2.24) is 40.4 Å². The average molecular weight is 817 g/mol. The molecular formula is C46H56N8O6. The number of fused-ring (bicyclic) bond motifs is 1. The van der Waals surface area contributed by atoms with Gasteiger partial charge in [-0.15, -0.1) is 0 Å². The number of aromatic nitrogens is 4. The Bertz CT molecular complexity index is 2250. The molecule has 2 aliphatic heterocycles. The van der Waals surface area contributed by atoms with Gasteiger partial charge in [0.2, 0.25) is 18.2 Å². The fourth-order valence-electron chi connectivity index (χ4n) is 8.84. The zero-order valence-electron chi connectivity index (χ0n) is 35.4. The number of likely N-dealkylation sites (tertiary alicyclic amines) is 2. The number of H-pyrrole nitrogens is 2. The maximum absolute atomic E-state index is 14.0. The third-order valence-corrected chi connectivity index (χ3v) is 12.2. The number of aromatic amines is 2. The van der Waals surface area contributed by atoms with Crippen LogP contribution in [-0.2, 0) is 19.1 Å². The maximum atomic E-state index is 14.0. The van der Waals surface area contributed by atoms with Crippen molar-refractivity contribution in [2.75, 3.05) is 14.2 Å². The van der Waals surface area contributed by atoms with Crippen molar-refractivity contribution in [1.29, 1.82) is 0 Å². The number of amides is 3. The lowest BCUT2D eigenvalue weighted by Gasteiger charge is -2.41. The predicted molar refractivity (Wildman–Crippen MR) is 226 cm³/mol. The number of alkyl carbamates (subject to hydrolysis) is 1. The van der Waals surface area contributed by atoms with E-state index in [9.17, 15) is 19.5 Å². The topological polar surface area (TPSA) is 178 Å². The van der Waals surface area contributed by atoms with Crippen LogP contribution in [0.15, 0.2) is 73.1 Å². The normalized spacial score (nSPS) is 22.5. The highest BCUT2D eigenvalue weighted by atomic mass is 16.6. The van der Waals surface area contributed by atoms with Crippen molar-refractivity contribution >= 4 is 17.9 Å². The first kappa shape index (κ1) is 42.4. The number of nitrogens with zero attached hydrogens (tertiary/aromatic N) is 4. The van der Waals surface area contributed by atoms with Crippen LogP contribution in [0, 0.1) is 29.6 Å². The summed E-state index contributed by atoms with van der Waals surface area (Å²) in [7, 11) is 2.68. The Morgan fingerprint density at radius 3 is 1.85 bits per heavy atom. The van der Waals surface area contributed by atoms with Gasteiger partial charge in [-0.2, -0.15) is 0 Å². The lowest BCUT2D eigenvalue weighted by molar-refractivity contribution is -0.146. The van der Waals surface area contributed by atoms with Gasteiger partial charge in [0, 0.05) is 24.3 Å². The van der Waals surface area contributed by atoms with E-state index in [0.717, 1.165) is 70.7 Å². The molecule has 4 aromatic rings. The maximum Gasteiger partial charge on any atom is 0.407 e. The van der Waals surface area contributed by atoms with Gasteiger partial charge in [-0.05, 0) is 85.8 Å². The molecule has 2 saturated heterocycles. The lowest BCUT2D eigenvalue weighted by atomic mass is 9.76. The molecule has 2 aromatic heterocycles. The molecule has 8 unspecified atom stereocenters. The number of benzene rings is 2. The standard InChI is InChI=1S/C46H56N8O6/c1-25(2)38(51-45(57)59-7)43(55)53-28(6)9-20-36(53)41-47-23-34(49-41)31-16-12-29(13-17-31)10-11-30-14-18-32(19-15-30)35-24-48-42(50-35)37-22-33-21-27(5)40(33)54(37)44(56)39(26(3)4)52-46(58)60-8/h12-19,23-26,28,33,36-40,45,51,57H,5,9,20-22H2,1-4,6-8H3,(H,47,49)(H,48,50)(H,52,58). The molecule has 8 atom stereocenters. The number of aliphatic hydroxyl groups is 1. The van der Waals surface area contributed by atoms with Crippen LogP contribution in [0.4, 0.5) is 4.79 Å². The van der Waals surface area contributed by atoms with Gasteiger partial charge in [-0.3, -0.25) is 14.9 Å². The van der Waals surface area contributed by atoms with Crippen LogP contribution in [0.1, 0.15) is 95.2 Å². The fraction of sp³-hybridized carbons (Fsp3) is 0.457. The van der Waals surface area contributed by atoms with E-state index in [1.807, 2.05) is 92.9 Å².